The quantitative estimate of drug-likeness (QED) is 0.0338. The van der Waals surface area contributed by atoms with Crippen molar-refractivity contribution < 1.29 is 91.7 Å². The molecule has 0 aliphatic heterocycles. The third-order valence-electron chi connectivity index (χ3n) is 9.74. The fraction of sp³-hybridized carbons (Fsp3) is 0.100. The summed E-state index contributed by atoms with van der Waals surface area (Å²) in [5.41, 5.74) is -3.76. The minimum absolute atomic E-state index is 0.0397. The Kier molecular flexibility index (Phi) is 14.5. The number of rotatable bonds is 18. The van der Waals surface area contributed by atoms with Crippen LogP contribution >= 0.6 is 0 Å². The second-order valence-electron chi connectivity index (χ2n) is 14.4. The van der Waals surface area contributed by atoms with Crippen molar-refractivity contribution in [2.75, 3.05) is 26.4 Å². The number of hydrogen-bond acceptors (Lipinski definition) is 22. The molecular weight excluding hydrogens is 1040 g/mol. The SMILES string of the molecule is O=C(O)c1nn(-c2ccc3c(O)c(/N=N/c4cc(OCCO)c(/N=N/c5ccc6c(S(=O)(=O)O)cccc6c5S(=O)(=O)O)cc4OCCO)c(S(=O)(=O)O)cc3c2)c(O)c1/N=N/c1ccc(S(=O)(=O)O)cc1. The fourth-order valence-corrected chi connectivity index (χ4v) is 9.36. The number of aromatic carboxylic acids is 1. The van der Waals surface area contributed by atoms with E-state index in [1.54, 1.807) is 0 Å². The van der Waals surface area contributed by atoms with E-state index >= 15 is 0 Å². The number of carbonyl (C=O) groups is 1. The standard InChI is InChI=1S/C40H32N8O20S4/c49-12-14-67-30-19-29(31(68-15-13-50)18-28(30)43-42-27-11-10-25-26(38(27)72(64,65)66)2-1-3-32(25)70(58,59)60)44-45-34-33(71(61,62)63)17-20-16-22(6-9-24(20)37(34)51)48-39(52)35(36(47-48)40(53)54)46-41-21-4-7-23(8-5-21)69(55,56)57/h1-11,16-19,49-52H,12-15H2,(H,53,54)(H,55,56,57)(H,58,59,60)(H,61,62,63)(H,64,65,66)/b43-42+,45-44+,46-41+. The van der Waals surface area contributed by atoms with Gasteiger partial charge in [0.25, 0.3) is 40.5 Å². The molecule has 0 amide bonds. The molecule has 32 heteroatoms. The number of nitrogens with zero attached hydrogens (tertiary/aromatic N) is 8. The van der Waals surface area contributed by atoms with E-state index in [4.69, 9.17) is 9.47 Å². The van der Waals surface area contributed by atoms with Gasteiger partial charge in [0.2, 0.25) is 11.6 Å². The van der Waals surface area contributed by atoms with Crippen LogP contribution in [0.5, 0.6) is 23.1 Å². The molecule has 0 radical (unpaired) electrons. The predicted octanol–water partition coefficient (Wildman–Crippen LogP) is 6.26. The summed E-state index contributed by atoms with van der Waals surface area (Å²) in [6, 6.07) is 15.9. The van der Waals surface area contributed by atoms with Crippen molar-refractivity contribution in [3.8, 4) is 28.8 Å². The van der Waals surface area contributed by atoms with Crippen LogP contribution in [0, 0.1) is 0 Å². The van der Waals surface area contributed by atoms with Crippen LogP contribution in [0.4, 0.5) is 34.1 Å². The highest BCUT2D eigenvalue weighted by atomic mass is 32.2. The minimum Gasteiger partial charge on any atom is -0.505 e. The Balaban J connectivity index is 1.30. The number of carboxylic acids is 1. The van der Waals surface area contributed by atoms with E-state index in [0.717, 1.165) is 78.9 Å². The molecule has 0 atom stereocenters. The van der Waals surface area contributed by atoms with Crippen LogP contribution < -0.4 is 9.47 Å². The van der Waals surface area contributed by atoms with E-state index in [1.807, 2.05) is 0 Å². The summed E-state index contributed by atoms with van der Waals surface area (Å²) in [5, 5.41) is 77.7. The predicted molar refractivity (Wildman–Crippen MR) is 245 cm³/mol. The van der Waals surface area contributed by atoms with Crippen molar-refractivity contribution in [3.63, 3.8) is 0 Å². The van der Waals surface area contributed by atoms with E-state index in [2.05, 4.69) is 35.8 Å². The molecule has 0 saturated carbocycles. The maximum absolute atomic E-state index is 12.8. The summed E-state index contributed by atoms with van der Waals surface area (Å²) in [7, 11) is -19.9. The zero-order valence-corrected chi connectivity index (χ0v) is 39.0. The molecule has 1 aromatic heterocycles. The molecule has 0 aliphatic carbocycles. The Morgan fingerprint density at radius 3 is 1.69 bits per heavy atom. The summed E-state index contributed by atoms with van der Waals surface area (Å²) in [4.78, 5) is 9.00. The smallest absolute Gasteiger partial charge is 0.358 e. The van der Waals surface area contributed by atoms with Crippen LogP contribution in [0.25, 0.3) is 27.2 Å². The van der Waals surface area contributed by atoms with Gasteiger partial charge in [0.1, 0.15) is 62.1 Å². The summed E-state index contributed by atoms with van der Waals surface area (Å²) >= 11 is 0. The summed E-state index contributed by atoms with van der Waals surface area (Å²) < 4.78 is 149. The number of aromatic hydroxyl groups is 2. The molecular formula is C40H32N8O20S4. The number of ether oxygens (including phenoxy) is 2. The molecule has 72 heavy (non-hydrogen) atoms. The van der Waals surface area contributed by atoms with Gasteiger partial charge in [-0.05, 0) is 66.0 Å². The van der Waals surface area contributed by atoms with Gasteiger partial charge in [-0.25, -0.2) is 4.79 Å². The molecule has 0 spiro atoms. The molecule has 9 N–H and O–H groups in total. The zero-order chi connectivity index (χ0) is 52.5. The molecule has 0 aliphatic rings. The van der Waals surface area contributed by atoms with Crippen LogP contribution in [0.2, 0.25) is 0 Å². The van der Waals surface area contributed by atoms with Crippen molar-refractivity contribution in [2.24, 2.45) is 30.7 Å². The Bertz CT molecular complexity index is 3900. The number of carboxylic acid groups (broad SMARTS) is 1. The van der Waals surface area contributed by atoms with E-state index in [9.17, 15) is 82.2 Å². The Labute approximate surface area is 404 Å². The van der Waals surface area contributed by atoms with Gasteiger partial charge in [-0.3, -0.25) is 18.2 Å². The molecule has 0 saturated heterocycles. The molecule has 0 bridgehead atoms. The molecule has 1 heterocycles. The van der Waals surface area contributed by atoms with E-state index < -0.39 is 127 Å². The number of hydrogen-bond donors (Lipinski definition) is 9. The highest BCUT2D eigenvalue weighted by Crippen LogP contribution is 2.46. The van der Waals surface area contributed by atoms with Gasteiger partial charge in [0.15, 0.2) is 11.4 Å². The molecule has 7 rings (SSSR count). The zero-order valence-electron chi connectivity index (χ0n) is 35.7. The summed E-state index contributed by atoms with van der Waals surface area (Å²) in [6.45, 7) is -2.02. The van der Waals surface area contributed by atoms with Crippen molar-refractivity contribution in [1.29, 1.82) is 0 Å². The van der Waals surface area contributed by atoms with Crippen LogP contribution in [0.15, 0.2) is 141 Å². The minimum atomic E-state index is -5.30. The Morgan fingerprint density at radius 2 is 1.14 bits per heavy atom. The first kappa shape index (κ1) is 51.9. The number of aliphatic hydroxyl groups is 2. The lowest BCUT2D eigenvalue weighted by Crippen LogP contribution is -2.04. The van der Waals surface area contributed by atoms with E-state index in [0.29, 0.717) is 4.68 Å². The number of fused-ring (bicyclic) bond motifs is 2. The highest BCUT2D eigenvalue weighted by molar-refractivity contribution is 7.87. The van der Waals surface area contributed by atoms with Gasteiger partial charge in [-0.2, -0.15) is 48.6 Å². The average Bonchev–Trinajstić information content (AvgIpc) is 3.65. The fourth-order valence-electron chi connectivity index (χ4n) is 6.69. The molecule has 0 unspecified atom stereocenters. The monoisotopic (exact) mass is 1070 g/mol. The summed E-state index contributed by atoms with van der Waals surface area (Å²) in [5.74, 6) is -4.10. The number of aliphatic hydroxyl groups excluding tert-OH is 2. The molecule has 376 valence electrons. The van der Waals surface area contributed by atoms with Crippen molar-refractivity contribution in [1.82, 2.24) is 9.78 Å². The van der Waals surface area contributed by atoms with Gasteiger partial charge in [0.05, 0.1) is 29.5 Å². The van der Waals surface area contributed by atoms with Crippen molar-refractivity contribution in [2.45, 2.75) is 19.6 Å². The third-order valence-corrected chi connectivity index (χ3v) is 13.3. The normalized spacial score (nSPS) is 12.8. The maximum atomic E-state index is 12.8. The van der Waals surface area contributed by atoms with Gasteiger partial charge < -0.3 is 35.0 Å². The van der Waals surface area contributed by atoms with Crippen LogP contribution in [-0.2, 0) is 40.5 Å². The second-order valence-corrected chi connectivity index (χ2v) is 20.0. The van der Waals surface area contributed by atoms with Gasteiger partial charge in [0, 0.05) is 28.3 Å². The van der Waals surface area contributed by atoms with Crippen molar-refractivity contribution >= 4 is 102 Å². The van der Waals surface area contributed by atoms with E-state index in [-0.39, 0.29) is 55.8 Å². The molecule has 6 aromatic carbocycles. The lowest BCUT2D eigenvalue weighted by molar-refractivity contribution is 0.0690. The topological polar surface area (TPSA) is 446 Å². The average molecular weight is 1070 g/mol. The highest BCUT2D eigenvalue weighted by Gasteiger charge is 2.28. The lowest BCUT2D eigenvalue weighted by Gasteiger charge is -2.13. The largest absolute Gasteiger partial charge is 0.505 e. The number of phenolic OH excluding ortho intramolecular Hbond substituents is 1. The molecule has 28 nitrogen and oxygen atoms in total. The number of aromatic nitrogens is 2. The maximum Gasteiger partial charge on any atom is 0.358 e. The van der Waals surface area contributed by atoms with Gasteiger partial charge in [-0.1, -0.05) is 18.2 Å². The van der Waals surface area contributed by atoms with Crippen LogP contribution in [0.3, 0.4) is 0 Å². The second kappa shape index (κ2) is 20.1. The lowest BCUT2D eigenvalue weighted by atomic mass is 10.1. The first-order chi connectivity index (χ1) is 33.8. The molecule has 0 fully saturated rings. The van der Waals surface area contributed by atoms with Gasteiger partial charge in [-0.15, -0.1) is 25.6 Å². The third kappa shape index (κ3) is 11.0. The van der Waals surface area contributed by atoms with Crippen molar-refractivity contribution in [3.05, 3.63) is 96.7 Å². The van der Waals surface area contributed by atoms with Crippen LogP contribution in [0.1, 0.15) is 10.5 Å². The number of benzene rings is 6. The molecule has 7 aromatic rings. The summed E-state index contributed by atoms with van der Waals surface area (Å²) in [6.07, 6.45) is 0. The van der Waals surface area contributed by atoms with E-state index in [1.165, 1.54) is 12.1 Å². The first-order valence-corrected chi connectivity index (χ1v) is 25.4. The number of phenols is 1. The van der Waals surface area contributed by atoms with Gasteiger partial charge >= 0.3 is 5.97 Å². The van der Waals surface area contributed by atoms with Crippen LogP contribution in [-0.4, -0.2) is 120 Å². The Hall–Kier alpha value is -7.92. The number of azo groups is 3. The first-order valence-electron chi connectivity index (χ1n) is 19.6. The Morgan fingerprint density at radius 1 is 0.569 bits per heavy atom.